The van der Waals surface area contributed by atoms with Crippen LogP contribution in [-0.4, -0.2) is 13.2 Å². The molecule has 0 saturated carbocycles. The van der Waals surface area contributed by atoms with Crippen molar-refractivity contribution in [2.45, 2.75) is 227 Å². The lowest BCUT2D eigenvalue weighted by molar-refractivity contribution is 0.140. The van der Waals surface area contributed by atoms with Crippen LogP contribution in [0.5, 0.6) is 0 Å². The third-order valence-electron chi connectivity index (χ3n) is 8.96. The molecule has 2 heteroatoms. The van der Waals surface area contributed by atoms with Crippen LogP contribution < -0.4 is 0 Å². The molecule has 42 heavy (non-hydrogen) atoms. The molecule has 0 aromatic heterocycles. The Labute approximate surface area is 267 Å². The first-order valence-corrected chi connectivity index (χ1v) is 19.7. The zero-order valence-corrected chi connectivity index (χ0v) is 29.8. The number of allylic oxidation sites excluding steroid dienone is 1. The second-order valence-corrected chi connectivity index (χ2v) is 13.4. The Kier molecular flexibility index (Phi) is 36.0. The summed E-state index contributed by atoms with van der Waals surface area (Å²) in [5, 5.41) is 0. The van der Waals surface area contributed by atoms with Gasteiger partial charge in [0, 0.05) is 5.92 Å². The minimum Gasteiger partial charge on any atom is -0.498 e. The maximum Gasteiger partial charge on any atom is 0.133 e. The zero-order chi connectivity index (χ0) is 30.6. The third kappa shape index (κ3) is 30.8. The van der Waals surface area contributed by atoms with Crippen LogP contribution in [0.4, 0.5) is 0 Å². The fourth-order valence-corrected chi connectivity index (χ4v) is 6.15. The number of ether oxygens (including phenoxy) is 2. The van der Waals surface area contributed by atoms with Gasteiger partial charge in [-0.05, 0) is 25.7 Å². The molecule has 1 atom stereocenters. The Hall–Kier alpha value is -0.660. The SMILES string of the molecule is CCCCCCCCCCCCCCCCC(CCCCCCCCCCCCCCC)/C(=C\OCCC)OCCC. The molecule has 0 rings (SSSR count). The molecule has 0 aromatic rings. The van der Waals surface area contributed by atoms with Crippen molar-refractivity contribution in [3.05, 3.63) is 12.0 Å². The average Bonchev–Trinajstić information content (AvgIpc) is 3.00. The van der Waals surface area contributed by atoms with Gasteiger partial charge in [0.15, 0.2) is 0 Å². The van der Waals surface area contributed by atoms with Crippen molar-refractivity contribution >= 4 is 0 Å². The fourth-order valence-electron chi connectivity index (χ4n) is 6.15. The largest absolute Gasteiger partial charge is 0.498 e. The maximum atomic E-state index is 6.27. The third-order valence-corrected chi connectivity index (χ3v) is 8.96. The van der Waals surface area contributed by atoms with E-state index in [-0.39, 0.29) is 0 Å². The van der Waals surface area contributed by atoms with Gasteiger partial charge in [0.2, 0.25) is 0 Å². The molecule has 0 aliphatic carbocycles. The van der Waals surface area contributed by atoms with E-state index in [1.54, 1.807) is 0 Å². The van der Waals surface area contributed by atoms with E-state index in [9.17, 15) is 0 Å². The van der Waals surface area contributed by atoms with Crippen molar-refractivity contribution in [2.75, 3.05) is 13.2 Å². The van der Waals surface area contributed by atoms with E-state index < -0.39 is 0 Å². The molecule has 0 aliphatic rings. The van der Waals surface area contributed by atoms with Crippen molar-refractivity contribution in [3.63, 3.8) is 0 Å². The highest BCUT2D eigenvalue weighted by Crippen LogP contribution is 2.27. The number of unbranched alkanes of at least 4 members (excludes halogenated alkanes) is 25. The smallest absolute Gasteiger partial charge is 0.133 e. The van der Waals surface area contributed by atoms with Gasteiger partial charge in [-0.15, -0.1) is 0 Å². The molecule has 0 N–H and O–H groups in total. The van der Waals surface area contributed by atoms with Gasteiger partial charge in [0.1, 0.15) is 12.0 Å². The number of rotatable bonds is 36. The molecule has 0 fully saturated rings. The quantitative estimate of drug-likeness (QED) is 0.0532. The lowest BCUT2D eigenvalue weighted by Gasteiger charge is -2.21. The molecule has 0 bridgehead atoms. The van der Waals surface area contributed by atoms with Gasteiger partial charge < -0.3 is 9.47 Å². The summed E-state index contributed by atoms with van der Waals surface area (Å²) in [6, 6.07) is 0. The van der Waals surface area contributed by atoms with E-state index in [4.69, 9.17) is 9.47 Å². The Morgan fingerprint density at radius 3 is 1.00 bits per heavy atom. The maximum absolute atomic E-state index is 6.27. The van der Waals surface area contributed by atoms with E-state index in [0.717, 1.165) is 31.8 Å². The summed E-state index contributed by atoms with van der Waals surface area (Å²) in [5.41, 5.74) is 0. The fraction of sp³-hybridized carbons (Fsp3) is 0.950. The first-order chi connectivity index (χ1) is 20.8. The molecular weight excluding hydrogens is 512 g/mol. The summed E-state index contributed by atoms with van der Waals surface area (Å²) < 4.78 is 12.1. The van der Waals surface area contributed by atoms with Crippen LogP contribution in [0.1, 0.15) is 227 Å². The minimum atomic E-state index is 0.540. The van der Waals surface area contributed by atoms with Crippen LogP contribution in [0.15, 0.2) is 12.0 Å². The van der Waals surface area contributed by atoms with Crippen LogP contribution in [-0.2, 0) is 9.47 Å². The van der Waals surface area contributed by atoms with Gasteiger partial charge in [-0.25, -0.2) is 0 Å². The molecular formula is C40H80O2. The Balaban J connectivity index is 4.16. The molecule has 0 heterocycles. The predicted molar refractivity (Wildman–Crippen MR) is 189 cm³/mol. The van der Waals surface area contributed by atoms with Gasteiger partial charge in [-0.1, -0.05) is 201 Å². The molecule has 2 nitrogen and oxygen atoms in total. The minimum absolute atomic E-state index is 0.540. The molecule has 0 radical (unpaired) electrons. The first-order valence-electron chi connectivity index (χ1n) is 19.7. The molecule has 0 aliphatic heterocycles. The van der Waals surface area contributed by atoms with E-state index in [0.29, 0.717) is 5.92 Å². The van der Waals surface area contributed by atoms with Gasteiger partial charge in [0.25, 0.3) is 0 Å². The van der Waals surface area contributed by atoms with Crippen LogP contribution >= 0.6 is 0 Å². The summed E-state index contributed by atoms with van der Waals surface area (Å²) in [5.74, 6) is 1.68. The van der Waals surface area contributed by atoms with Gasteiger partial charge >= 0.3 is 0 Å². The highest BCUT2D eigenvalue weighted by molar-refractivity contribution is 4.95. The zero-order valence-electron chi connectivity index (χ0n) is 29.8. The van der Waals surface area contributed by atoms with E-state index in [1.165, 1.54) is 186 Å². The summed E-state index contributed by atoms with van der Waals surface area (Å²) in [6.45, 7) is 10.6. The summed E-state index contributed by atoms with van der Waals surface area (Å²) in [6.07, 6.45) is 45.1. The first kappa shape index (κ1) is 41.3. The van der Waals surface area contributed by atoms with Gasteiger partial charge in [-0.2, -0.15) is 0 Å². The lowest BCUT2D eigenvalue weighted by Crippen LogP contribution is -2.10. The van der Waals surface area contributed by atoms with Crippen LogP contribution in [0.2, 0.25) is 0 Å². The van der Waals surface area contributed by atoms with Gasteiger partial charge in [-0.3, -0.25) is 0 Å². The lowest BCUT2D eigenvalue weighted by atomic mass is 9.92. The predicted octanol–water partition coefficient (Wildman–Crippen LogP) is 14.6. The molecule has 1 unspecified atom stereocenters. The Morgan fingerprint density at radius 2 is 0.690 bits per heavy atom. The van der Waals surface area contributed by atoms with E-state index >= 15 is 0 Å². The van der Waals surface area contributed by atoms with Crippen molar-refractivity contribution in [1.82, 2.24) is 0 Å². The molecule has 252 valence electrons. The summed E-state index contributed by atoms with van der Waals surface area (Å²) in [7, 11) is 0. The van der Waals surface area contributed by atoms with E-state index in [2.05, 4.69) is 27.7 Å². The second-order valence-electron chi connectivity index (χ2n) is 13.4. The molecule has 0 amide bonds. The standard InChI is InChI=1S/C40H80O2/c1-5-9-11-13-15-17-19-21-23-25-27-29-31-33-35-39(40(42-37-8-4)38-41-36-7-3)34-32-30-28-26-24-22-20-18-16-14-12-10-6-2/h38-39H,5-37H2,1-4H3/b40-38+. The normalized spacial score (nSPS) is 12.6. The average molecular weight is 593 g/mol. The highest BCUT2D eigenvalue weighted by atomic mass is 16.5. The van der Waals surface area contributed by atoms with Crippen LogP contribution in [0.25, 0.3) is 0 Å². The van der Waals surface area contributed by atoms with Crippen LogP contribution in [0.3, 0.4) is 0 Å². The molecule has 0 saturated heterocycles. The van der Waals surface area contributed by atoms with Gasteiger partial charge in [0.05, 0.1) is 13.2 Å². The monoisotopic (exact) mass is 593 g/mol. The van der Waals surface area contributed by atoms with Crippen LogP contribution in [0, 0.1) is 5.92 Å². The van der Waals surface area contributed by atoms with E-state index in [1.807, 2.05) is 6.26 Å². The van der Waals surface area contributed by atoms with Crippen molar-refractivity contribution in [3.8, 4) is 0 Å². The Bertz CT molecular complexity index is 514. The Morgan fingerprint density at radius 1 is 0.381 bits per heavy atom. The highest BCUT2D eigenvalue weighted by Gasteiger charge is 2.16. The summed E-state index contributed by atoms with van der Waals surface area (Å²) >= 11 is 0. The molecule has 0 spiro atoms. The second kappa shape index (κ2) is 36.5. The van der Waals surface area contributed by atoms with Crippen molar-refractivity contribution in [2.24, 2.45) is 5.92 Å². The number of hydrogen-bond donors (Lipinski definition) is 0. The summed E-state index contributed by atoms with van der Waals surface area (Å²) in [4.78, 5) is 0. The molecule has 0 aromatic carbocycles. The van der Waals surface area contributed by atoms with Crippen molar-refractivity contribution < 1.29 is 9.47 Å². The van der Waals surface area contributed by atoms with Crippen molar-refractivity contribution in [1.29, 1.82) is 0 Å². The number of hydrogen-bond acceptors (Lipinski definition) is 2. The topological polar surface area (TPSA) is 18.5 Å².